The van der Waals surface area contributed by atoms with Crippen LogP contribution < -0.4 is 10.6 Å². The number of carbonyl (C=O) groups is 1. The molecule has 2 aliphatic rings. The largest absolute Gasteiger partial charge is 0.352 e. The Morgan fingerprint density at radius 3 is 2.92 bits per heavy atom. The second-order valence-electron chi connectivity index (χ2n) is 4.24. The van der Waals surface area contributed by atoms with Crippen LogP contribution in [0.4, 0.5) is 0 Å². The molecule has 2 rings (SSSR count). The first-order chi connectivity index (χ1) is 5.68. The molecule has 0 radical (unpaired) electrons. The summed E-state index contributed by atoms with van der Waals surface area (Å²) in [5.41, 5.74) is 0.396. The van der Waals surface area contributed by atoms with Crippen LogP contribution in [0.3, 0.4) is 0 Å². The molecule has 0 aromatic carbocycles. The summed E-state index contributed by atoms with van der Waals surface area (Å²) in [6.07, 6.45) is 4.28. The zero-order valence-corrected chi connectivity index (χ0v) is 7.52. The van der Waals surface area contributed by atoms with Crippen LogP contribution in [0, 0.1) is 0 Å². The van der Waals surface area contributed by atoms with Gasteiger partial charge < -0.3 is 10.6 Å². The molecule has 2 fully saturated rings. The number of hydrogen-bond donors (Lipinski definition) is 2. The van der Waals surface area contributed by atoms with Crippen LogP contribution in [-0.4, -0.2) is 24.0 Å². The van der Waals surface area contributed by atoms with Gasteiger partial charge in [0.2, 0.25) is 5.91 Å². The number of rotatable bonds is 3. The van der Waals surface area contributed by atoms with Crippen molar-refractivity contribution in [3.63, 3.8) is 0 Å². The summed E-state index contributed by atoms with van der Waals surface area (Å²) in [6, 6.07) is 0.384. The van der Waals surface area contributed by atoms with Crippen molar-refractivity contribution in [1.29, 1.82) is 0 Å². The lowest BCUT2D eigenvalue weighted by atomic mass is 10.2. The van der Waals surface area contributed by atoms with Crippen LogP contribution in [0.15, 0.2) is 0 Å². The van der Waals surface area contributed by atoms with E-state index in [1.165, 1.54) is 12.8 Å². The highest BCUT2D eigenvalue weighted by Crippen LogP contribution is 2.34. The van der Waals surface area contributed by atoms with Gasteiger partial charge in [0, 0.05) is 24.5 Å². The van der Waals surface area contributed by atoms with Gasteiger partial charge in [-0.05, 0) is 26.2 Å². The zero-order valence-electron chi connectivity index (χ0n) is 7.52. The molecule has 2 N–H and O–H groups in total. The molecule has 1 saturated carbocycles. The van der Waals surface area contributed by atoms with Gasteiger partial charge in [-0.25, -0.2) is 0 Å². The number of nitrogens with one attached hydrogen (secondary N) is 2. The highest BCUT2D eigenvalue weighted by Gasteiger charge is 2.37. The number of carbonyl (C=O) groups excluding carboxylic acids is 1. The molecule has 1 atom stereocenters. The van der Waals surface area contributed by atoms with Gasteiger partial charge >= 0.3 is 0 Å². The molecular formula is C9H16N2O. The van der Waals surface area contributed by atoms with Gasteiger partial charge in [0.15, 0.2) is 0 Å². The predicted molar refractivity (Wildman–Crippen MR) is 46.8 cm³/mol. The van der Waals surface area contributed by atoms with Crippen molar-refractivity contribution in [3.05, 3.63) is 0 Å². The van der Waals surface area contributed by atoms with Gasteiger partial charge in [0.05, 0.1) is 0 Å². The average Bonchev–Trinajstić information content (AvgIpc) is 2.60. The van der Waals surface area contributed by atoms with Crippen molar-refractivity contribution in [2.24, 2.45) is 0 Å². The van der Waals surface area contributed by atoms with Crippen LogP contribution in [0.1, 0.15) is 32.6 Å². The number of amides is 1. The Morgan fingerprint density at radius 2 is 2.42 bits per heavy atom. The minimum absolute atomic E-state index is 0.211. The minimum Gasteiger partial charge on any atom is -0.352 e. The van der Waals surface area contributed by atoms with Crippen LogP contribution in [0.2, 0.25) is 0 Å². The first-order valence-electron chi connectivity index (χ1n) is 4.72. The maximum absolute atomic E-state index is 10.9. The molecule has 0 aromatic rings. The topological polar surface area (TPSA) is 41.1 Å². The summed E-state index contributed by atoms with van der Waals surface area (Å²) in [4.78, 5) is 10.9. The SMILES string of the molecule is CC1(NCC2CCC(=O)N2)CC1. The summed E-state index contributed by atoms with van der Waals surface area (Å²) in [7, 11) is 0. The third-order valence-corrected chi connectivity index (χ3v) is 2.86. The molecule has 0 aromatic heterocycles. The van der Waals surface area contributed by atoms with E-state index in [9.17, 15) is 4.79 Å². The summed E-state index contributed by atoms with van der Waals surface area (Å²) >= 11 is 0. The molecule has 1 amide bonds. The normalized spacial score (nSPS) is 31.8. The van der Waals surface area contributed by atoms with E-state index in [0.29, 0.717) is 18.0 Å². The van der Waals surface area contributed by atoms with Gasteiger partial charge in [-0.1, -0.05) is 0 Å². The minimum atomic E-state index is 0.211. The van der Waals surface area contributed by atoms with Gasteiger partial charge in [-0.2, -0.15) is 0 Å². The molecule has 3 heteroatoms. The maximum atomic E-state index is 10.9. The van der Waals surface area contributed by atoms with E-state index in [1.54, 1.807) is 0 Å². The van der Waals surface area contributed by atoms with Crippen molar-refractivity contribution >= 4 is 5.91 Å². The van der Waals surface area contributed by atoms with Gasteiger partial charge in [-0.3, -0.25) is 4.79 Å². The molecule has 68 valence electrons. The van der Waals surface area contributed by atoms with E-state index in [1.807, 2.05) is 0 Å². The first kappa shape index (κ1) is 8.05. The van der Waals surface area contributed by atoms with E-state index in [4.69, 9.17) is 0 Å². The second kappa shape index (κ2) is 2.73. The Bertz CT molecular complexity index is 199. The fraction of sp³-hybridized carbons (Fsp3) is 0.889. The fourth-order valence-corrected chi connectivity index (χ4v) is 1.56. The monoisotopic (exact) mass is 168 g/mol. The molecule has 1 heterocycles. The van der Waals surface area contributed by atoms with Crippen LogP contribution in [0.5, 0.6) is 0 Å². The molecule has 1 aliphatic carbocycles. The van der Waals surface area contributed by atoms with Gasteiger partial charge in [0.1, 0.15) is 0 Å². The fourth-order valence-electron chi connectivity index (χ4n) is 1.56. The average molecular weight is 168 g/mol. The van der Waals surface area contributed by atoms with Crippen molar-refractivity contribution in [1.82, 2.24) is 10.6 Å². The van der Waals surface area contributed by atoms with Gasteiger partial charge in [0.25, 0.3) is 0 Å². The second-order valence-corrected chi connectivity index (χ2v) is 4.24. The molecule has 1 saturated heterocycles. The Labute approximate surface area is 72.9 Å². The summed E-state index contributed by atoms with van der Waals surface area (Å²) in [5, 5.41) is 6.43. The van der Waals surface area contributed by atoms with Crippen LogP contribution in [0.25, 0.3) is 0 Å². The van der Waals surface area contributed by atoms with Crippen molar-refractivity contribution in [2.75, 3.05) is 6.54 Å². The smallest absolute Gasteiger partial charge is 0.220 e. The highest BCUT2D eigenvalue weighted by molar-refractivity contribution is 5.78. The lowest BCUT2D eigenvalue weighted by Gasteiger charge is -2.15. The van der Waals surface area contributed by atoms with Crippen molar-refractivity contribution < 1.29 is 4.79 Å². The zero-order chi connectivity index (χ0) is 8.60. The van der Waals surface area contributed by atoms with E-state index < -0.39 is 0 Å². The third-order valence-electron chi connectivity index (χ3n) is 2.86. The Kier molecular flexibility index (Phi) is 1.83. The lowest BCUT2D eigenvalue weighted by Crippen LogP contribution is -2.40. The van der Waals surface area contributed by atoms with Crippen molar-refractivity contribution in [3.8, 4) is 0 Å². The molecule has 0 bridgehead atoms. The molecular weight excluding hydrogens is 152 g/mol. The van der Waals surface area contributed by atoms with Gasteiger partial charge in [-0.15, -0.1) is 0 Å². The summed E-state index contributed by atoms with van der Waals surface area (Å²) in [6.45, 7) is 3.19. The Hall–Kier alpha value is -0.570. The highest BCUT2D eigenvalue weighted by atomic mass is 16.1. The quantitative estimate of drug-likeness (QED) is 0.640. The number of hydrogen-bond acceptors (Lipinski definition) is 2. The Morgan fingerprint density at radius 1 is 1.67 bits per heavy atom. The van der Waals surface area contributed by atoms with E-state index in [-0.39, 0.29) is 5.91 Å². The molecule has 1 unspecified atom stereocenters. The van der Waals surface area contributed by atoms with E-state index in [0.717, 1.165) is 13.0 Å². The lowest BCUT2D eigenvalue weighted by molar-refractivity contribution is -0.119. The molecule has 3 nitrogen and oxygen atoms in total. The Balaban J connectivity index is 1.70. The standard InChI is InChI=1S/C9H16N2O/c1-9(4-5-9)10-6-7-2-3-8(12)11-7/h7,10H,2-6H2,1H3,(H,11,12). The van der Waals surface area contributed by atoms with E-state index in [2.05, 4.69) is 17.6 Å². The predicted octanol–water partition coefficient (Wildman–Crippen LogP) is 0.407. The van der Waals surface area contributed by atoms with Crippen molar-refractivity contribution in [2.45, 2.75) is 44.2 Å². The molecule has 12 heavy (non-hydrogen) atoms. The van der Waals surface area contributed by atoms with Crippen LogP contribution in [-0.2, 0) is 4.79 Å². The first-order valence-corrected chi connectivity index (χ1v) is 4.72. The maximum Gasteiger partial charge on any atom is 0.220 e. The summed E-state index contributed by atoms with van der Waals surface area (Å²) < 4.78 is 0. The third kappa shape index (κ3) is 1.78. The summed E-state index contributed by atoms with van der Waals surface area (Å²) in [5.74, 6) is 0.211. The molecule has 0 spiro atoms. The van der Waals surface area contributed by atoms with Crippen LogP contribution >= 0.6 is 0 Å². The van der Waals surface area contributed by atoms with E-state index >= 15 is 0 Å². The molecule has 1 aliphatic heterocycles.